The molecule has 0 amide bonds. The first-order valence-electron chi connectivity index (χ1n) is 6.21. The van der Waals surface area contributed by atoms with Gasteiger partial charge in [0.25, 0.3) is 0 Å². The van der Waals surface area contributed by atoms with Crippen molar-refractivity contribution in [3.05, 3.63) is 0 Å². The molecule has 0 heterocycles. The van der Waals surface area contributed by atoms with E-state index in [1.165, 1.54) is 6.42 Å². The molecule has 0 bridgehead atoms. The van der Waals surface area contributed by atoms with Gasteiger partial charge >= 0.3 is 0 Å². The average Bonchev–Trinajstić information content (AvgIpc) is 2.18. The van der Waals surface area contributed by atoms with E-state index in [1.54, 1.807) is 0 Å². The van der Waals surface area contributed by atoms with Gasteiger partial charge in [-0.3, -0.25) is 0 Å². The summed E-state index contributed by atoms with van der Waals surface area (Å²) in [6.45, 7) is 13.4. The molecule has 0 aromatic heterocycles. The third-order valence-electron chi connectivity index (χ3n) is 3.39. The van der Waals surface area contributed by atoms with Gasteiger partial charge in [0.15, 0.2) is 0 Å². The van der Waals surface area contributed by atoms with Gasteiger partial charge in [-0.25, -0.2) is 0 Å². The minimum atomic E-state index is 0.0951. The molecule has 0 radical (unpaired) electrons. The van der Waals surface area contributed by atoms with E-state index in [4.69, 9.17) is 0 Å². The van der Waals surface area contributed by atoms with Gasteiger partial charge in [0.05, 0.1) is 0 Å². The molecule has 0 rings (SSSR count). The van der Waals surface area contributed by atoms with Crippen LogP contribution in [0.4, 0.5) is 0 Å². The first-order chi connectivity index (χ1) is 6.89. The number of nitrogens with one attached hydrogen (secondary N) is 1. The maximum absolute atomic E-state index is 9.40. The van der Waals surface area contributed by atoms with Gasteiger partial charge in [-0.15, -0.1) is 0 Å². The minimum absolute atomic E-state index is 0.0951. The summed E-state index contributed by atoms with van der Waals surface area (Å²) in [6.07, 6.45) is 3.27. The molecule has 2 heteroatoms. The van der Waals surface area contributed by atoms with E-state index in [-0.39, 0.29) is 5.41 Å². The summed E-state index contributed by atoms with van der Waals surface area (Å²) in [5.41, 5.74) is 0.491. The fourth-order valence-electron chi connectivity index (χ4n) is 1.60. The minimum Gasteiger partial charge on any atom is -0.396 e. The molecule has 0 aliphatic rings. The Hall–Kier alpha value is -0.0800. The maximum atomic E-state index is 9.40. The van der Waals surface area contributed by atoms with E-state index in [9.17, 15) is 5.11 Å². The Morgan fingerprint density at radius 3 is 1.93 bits per heavy atom. The zero-order chi connectivity index (χ0) is 11.9. The molecule has 0 atom stereocenters. The van der Waals surface area contributed by atoms with Gasteiger partial charge in [0.1, 0.15) is 0 Å². The molecular formula is C13H29NO. The van der Waals surface area contributed by atoms with Crippen molar-refractivity contribution in [1.29, 1.82) is 0 Å². The van der Waals surface area contributed by atoms with E-state index in [0.717, 1.165) is 25.9 Å². The van der Waals surface area contributed by atoms with Crippen molar-refractivity contribution < 1.29 is 5.11 Å². The van der Waals surface area contributed by atoms with E-state index in [2.05, 4.69) is 39.9 Å². The monoisotopic (exact) mass is 215 g/mol. The SMILES string of the molecule is CCC(CC)(CO)CNCCC(C)(C)C. The number of hydrogen-bond acceptors (Lipinski definition) is 2. The lowest BCUT2D eigenvalue weighted by Gasteiger charge is -2.30. The molecule has 0 unspecified atom stereocenters. The highest BCUT2D eigenvalue weighted by molar-refractivity contribution is 4.78. The summed E-state index contributed by atoms with van der Waals surface area (Å²) >= 11 is 0. The normalized spacial score (nSPS) is 13.2. The molecular weight excluding hydrogens is 186 g/mol. The highest BCUT2D eigenvalue weighted by atomic mass is 16.3. The van der Waals surface area contributed by atoms with E-state index >= 15 is 0 Å². The Morgan fingerprint density at radius 2 is 1.60 bits per heavy atom. The highest BCUT2D eigenvalue weighted by Crippen LogP contribution is 2.24. The highest BCUT2D eigenvalue weighted by Gasteiger charge is 2.24. The van der Waals surface area contributed by atoms with E-state index < -0.39 is 0 Å². The number of aliphatic hydroxyl groups excluding tert-OH is 1. The fourth-order valence-corrected chi connectivity index (χ4v) is 1.60. The summed E-state index contributed by atoms with van der Waals surface area (Å²) in [7, 11) is 0. The van der Waals surface area contributed by atoms with Crippen molar-refractivity contribution in [1.82, 2.24) is 5.32 Å². The average molecular weight is 215 g/mol. The molecule has 0 aromatic carbocycles. The Kier molecular flexibility index (Phi) is 6.46. The topological polar surface area (TPSA) is 32.3 Å². The second-order valence-electron chi connectivity index (χ2n) is 5.85. The zero-order valence-electron chi connectivity index (χ0n) is 11.2. The first kappa shape index (κ1) is 14.9. The van der Waals surface area contributed by atoms with Crippen LogP contribution in [0.25, 0.3) is 0 Å². The Bertz CT molecular complexity index is 148. The van der Waals surface area contributed by atoms with Crippen LogP contribution in [0.3, 0.4) is 0 Å². The number of rotatable bonds is 7. The molecule has 15 heavy (non-hydrogen) atoms. The predicted octanol–water partition coefficient (Wildman–Crippen LogP) is 2.81. The molecule has 0 aromatic rings. The largest absolute Gasteiger partial charge is 0.396 e. The Labute approximate surface area is 95.5 Å². The molecule has 0 spiro atoms. The Morgan fingerprint density at radius 1 is 1.07 bits per heavy atom. The summed E-state index contributed by atoms with van der Waals surface area (Å²) in [5.74, 6) is 0. The summed E-state index contributed by atoms with van der Waals surface area (Å²) < 4.78 is 0. The van der Waals surface area contributed by atoms with Crippen molar-refractivity contribution in [2.45, 2.75) is 53.9 Å². The van der Waals surface area contributed by atoms with Gasteiger partial charge in [-0.2, -0.15) is 0 Å². The van der Waals surface area contributed by atoms with Gasteiger partial charge in [0, 0.05) is 18.6 Å². The Balaban J connectivity index is 3.82. The van der Waals surface area contributed by atoms with Crippen LogP contribution < -0.4 is 5.32 Å². The second kappa shape index (κ2) is 6.49. The third kappa shape index (κ3) is 6.16. The van der Waals surface area contributed by atoms with Crippen molar-refractivity contribution in [3.8, 4) is 0 Å². The standard InChI is InChI=1S/C13H29NO/c1-6-13(7-2,11-15)10-14-9-8-12(3,4)5/h14-15H,6-11H2,1-5H3. The second-order valence-corrected chi connectivity index (χ2v) is 5.85. The van der Waals surface area contributed by atoms with Gasteiger partial charge < -0.3 is 10.4 Å². The van der Waals surface area contributed by atoms with Gasteiger partial charge in [-0.05, 0) is 31.2 Å². The summed E-state index contributed by atoms with van der Waals surface area (Å²) in [5, 5.41) is 12.9. The smallest absolute Gasteiger partial charge is 0.0499 e. The van der Waals surface area contributed by atoms with Crippen LogP contribution in [0.1, 0.15) is 53.9 Å². The third-order valence-corrected chi connectivity index (χ3v) is 3.39. The first-order valence-corrected chi connectivity index (χ1v) is 6.21. The van der Waals surface area contributed by atoms with Crippen molar-refractivity contribution in [2.24, 2.45) is 10.8 Å². The number of aliphatic hydroxyl groups is 1. The summed E-state index contributed by atoms with van der Waals surface area (Å²) in [6, 6.07) is 0. The lowest BCUT2D eigenvalue weighted by Crippen LogP contribution is -2.37. The van der Waals surface area contributed by atoms with Crippen LogP contribution in [0, 0.1) is 10.8 Å². The van der Waals surface area contributed by atoms with Crippen LogP contribution in [-0.2, 0) is 0 Å². The molecule has 2 nitrogen and oxygen atoms in total. The lowest BCUT2D eigenvalue weighted by atomic mass is 9.83. The number of hydrogen-bond donors (Lipinski definition) is 2. The molecule has 0 aliphatic carbocycles. The fraction of sp³-hybridized carbons (Fsp3) is 1.00. The van der Waals surface area contributed by atoms with Gasteiger partial charge in [0.2, 0.25) is 0 Å². The van der Waals surface area contributed by atoms with Crippen molar-refractivity contribution in [3.63, 3.8) is 0 Å². The van der Waals surface area contributed by atoms with E-state index in [1.807, 2.05) is 0 Å². The predicted molar refractivity (Wildman–Crippen MR) is 67.0 cm³/mol. The zero-order valence-corrected chi connectivity index (χ0v) is 11.2. The molecule has 0 fully saturated rings. The van der Waals surface area contributed by atoms with E-state index in [0.29, 0.717) is 12.0 Å². The van der Waals surface area contributed by atoms with Crippen LogP contribution in [0.5, 0.6) is 0 Å². The summed E-state index contributed by atoms with van der Waals surface area (Å²) in [4.78, 5) is 0. The molecule has 0 aliphatic heterocycles. The molecule has 92 valence electrons. The van der Waals surface area contributed by atoms with Crippen molar-refractivity contribution in [2.75, 3.05) is 19.7 Å². The molecule has 2 N–H and O–H groups in total. The van der Waals surface area contributed by atoms with Crippen LogP contribution >= 0.6 is 0 Å². The quantitative estimate of drug-likeness (QED) is 0.640. The van der Waals surface area contributed by atoms with Crippen molar-refractivity contribution >= 4 is 0 Å². The molecule has 0 saturated carbocycles. The van der Waals surface area contributed by atoms with Crippen LogP contribution in [-0.4, -0.2) is 24.8 Å². The van der Waals surface area contributed by atoms with Gasteiger partial charge in [-0.1, -0.05) is 34.6 Å². The van der Waals surface area contributed by atoms with Crippen LogP contribution in [0.2, 0.25) is 0 Å². The lowest BCUT2D eigenvalue weighted by molar-refractivity contribution is 0.112. The maximum Gasteiger partial charge on any atom is 0.0499 e. The van der Waals surface area contributed by atoms with Crippen LogP contribution in [0.15, 0.2) is 0 Å². The molecule has 0 saturated heterocycles.